The van der Waals surface area contributed by atoms with Crippen molar-refractivity contribution in [3.05, 3.63) is 24.0 Å². The number of nitrogens with one attached hydrogen (secondary N) is 1. The molecule has 0 radical (unpaired) electrons. The van der Waals surface area contributed by atoms with E-state index in [9.17, 15) is 8.42 Å². The van der Waals surface area contributed by atoms with Gasteiger partial charge in [0.05, 0.1) is 5.75 Å². The van der Waals surface area contributed by atoms with E-state index < -0.39 is 10.0 Å². The molecule has 1 aromatic heterocycles. The third-order valence-corrected chi connectivity index (χ3v) is 3.03. The van der Waals surface area contributed by atoms with E-state index in [-0.39, 0.29) is 5.75 Å². The average molecular weight is 245 g/mol. The summed E-state index contributed by atoms with van der Waals surface area (Å²) in [5.41, 5.74) is 1.16. The largest absolute Gasteiger partial charge is 0.350 e. The molecule has 0 amide bonds. The summed E-state index contributed by atoms with van der Waals surface area (Å²) in [5.74, 6) is -0.0263. The van der Waals surface area contributed by atoms with Gasteiger partial charge in [-0.3, -0.25) is 0 Å². The van der Waals surface area contributed by atoms with Crippen LogP contribution in [0.2, 0.25) is 0 Å². The lowest BCUT2D eigenvalue weighted by Gasteiger charge is -2.08. The van der Waals surface area contributed by atoms with Gasteiger partial charge in [-0.1, -0.05) is 6.92 Å². The van der Waals surface area contributed by atoms with Crippen molar-refractivity contribution < 1.29 is 8.42 Å². The van der Waals surface area contributed by atoms with Crippen LogP contribution in [0, 0.1) is 0 Å². The first kappa shape index (κ1) is 13.2. The van der Waals surface area contributed by atoms with Gasteiger partial charge in [0.2, 0.25) is 10.0 Å². The molecule has 0 unspecified atom stereocenters. The molecule has 0 atom stereocenters. The standard InChI is InChI=1S/C10H19N3O2S/c1-2-6-13-7-3-4-10(13)9-12-5-8-16(11,14)15/h3-4,7,12H,2,5-6,8-9H2,1H3,(H2,11,14,15). The number of aromatic nitrogens is 1. The third kappa shape index (κ3) is 4.78. The lowest BCUT2D eigenvalue weighted by molar-refractivity contribution is 0.586. The van der Waals surface area contributed by atoms with Crippen LogP contribution in [0.15, 0.2) is 18.3 Å². The summed E-state index contributed by atoms with van der Waals surface area (Å²) in [7, 11) is -3.35. The Hall–Kier alpha value is -0.850. The molecule has 16 heavy (non-hydrogen) atoms. The van der Waals surface area contributed by atoms with E-state index in [1.54, 1.807) is 0 Å². The summed E-state index contributed by atoms with van der Waals surface area (Å²) in [4.78, 5) is 0. The minimum absolute atomic E-state index is 0.0263. The van der Waals surface area contributed by atoms with Gasteiger partial charge in [-0.15, -0.1) is 0 Å². The molecule has 0 aliphatic carbocycles. The fourth-order valence-electron chi connectivity index (χ4n) is 1.50. The Bertz CT molecular complexity index is 411. The lowest BCUT2D eigenvalue weighted by Crippen LogP contribution is -2.27. The fraction of sp³-hybridized carbons (Fsp3) is 0.600. The Labute approximate surface area is 96.7 Å². The van der Waals surface area contributed by atoms with Gasteiger partial charge in [-0.25, -0.2) is 13.6 Å². The Kier molecular flexibility index (Phi) is 4.98. The minimum atomic E-state index is -3.35. The maximum absolute atomic E-state index is 10.7. The number of nitrogens with two attached hydrogens (primary N) is 1. The van der Waals surface area contributed by atoms with Crippen molar-refractivity contribution in [2.75, 3.05) is 12.3 Å². The maximum atomic E-state index is 10.7. The molecule has 0 saturated heterocycles. The highest BCUT2D eigenvalue weighted by molar-refractivity contribution is 7.89. The first-order chi connectivity index (χ1) is 7.53. The Morgan fingerprint density at radius 1 is 1.50 bits per heavy atom. The summed E-state index contributed by atoms with van der Waals surface area (Å²) >= 11 is 0. The second kappa shape index (κ2) is 6.03. The molecule has 1 heterocycles. The first-order valence-electron chi connectivity index (χ1n) is 5.38. The van der Waals surface area contributed by atoms with E-state index in [1.807, 2.05) is 18.3 Å². The number of hydrogen-bond acceptors (Lipinski definition) is 3. The van der Waals surface area contributed by atoms with Crippen LogP contribution in [0.5, 0.6) is 0 Å². The smallest absolute Gasteiger partial charge is 0.210 e. The summed E-state index contributed by atoms with van der Waals surface area (Å²) in [6.45, 7) is 4.16. The highest BCUT2D eigenvalue weighted by atomic mass is 32.2. The van der Waals surface area contributed by atoms with Gasteiger partial charge in [0.1, 0.15) is 0 Å². The van der Waals surface area contributed by atoms with E-state index in [0.29, 0.717) is 13.1 Å². The van der Waals surface area contributed by atoms with E-state index in [1.165, 1.54) is 0 Å². The number of nitrogens with zero attached hydrogens (tertiary/aromatic N) is 1. The molecule has 6 heteroatoms. The van der Waals surface area contributed by atoms with Gasteiger partial charge in [0.15, 0.2) is 0 Å². The number of primary sulfonamides is 1. The van der Waals surface area contributed by atoms with Crippen LogP contribution in [0.25, 0.3) is 0 Å². The lowest BCUT2D eigenvalue weighted by atomic mass is 10.4. The average Bonchev–Trinajstić information content (AvgIpc) is 2.60. The summed E-state index contributed by atoms with van der Waals surface area (Å²) in [6.07, 6.45) is 3.11. The molecule has 0 saturated carbocycles. The second-order valence-corrected chi connectivity index (χ2v) is 5.47. The van der Waals surface area contributed by atoms with E-state index >= 15 is 0 Å². The first-order valence-corrected chi connectivity index (χ1v) is 7.09. The van der Waals surface area contributed by atoms with Crippen LogP contribution in [0.3, 0.4) is 0 Å². The molecule has 0 aromatic carbocycles. The molecule has 1 rings (SSSR count). The number of sulfonamides is 1. The normalized spacial score (nSPS) is 11.9. The second-order valence-electron chi connectivity index (χ2n) is 3.74. The van der Waals surface area contributed by atoms with Crippen molar-refractivity contribution in [3.63, 3.8) is 0 Å². The van der Waals surface area contributed by atoms with Crippen LogP contribution in [-0.2, 0) is 23.1 Å². The summed E-state index contributed by atoms with van der Waals surface area (Å²) < 4.78 is 23.5. The molecule has 0 fully saturated rings. The van der Waals surface area contributed by atoms with Gasteiger partial charge in [-0.05, 0) is 18.6 Å². The van der Waals surface area contributed by atoms with Crippen molar-refractivity contribution in [3.8, 4) is 0 Å². The Morgan fingerprint density at radius 2 is 2.25 bits per heavy atom. The summed E-state index contributed by atoms with van der Waals surface area (Å²) in [5, 5.41) is 7.96. The number of aryl methyl sites for hydroxylation is 1. The van der Waals surface area contributed by atoms with Crippen LogP contribution < -0.4 is 10.5 Å². The van der Waals surface area contributed by atoms with E-state index in [2.05, 4.69) is 16.8 Å². The quantitative estimate of drug-likeness (QED) is 0.677. The minimum Gasteiger partial charge on any atom is -0.350 e. The van der Waals surface area contributed by atoms with Crippen LogP contribution in [-0.4, -0.2) is 25.3 Å². The van der Waals surface area contributed by atoms with Crippen LogP contribution in [0.4, 0.5) is 0 Å². The predicted octanol–water partition coefficient (Wildman–Crippen LogP) is 0.276. The summed E-state index contributed by atoms with van der Waals surface area (Å²) in [6, 6.07) is 4.02. The van der Waals surface area contributed by atoms with Crippen LogP contribution in [0.1, 0.15) is 19.0 Å². The van der Waals surface area contributed by atoms with Gasteiger partial charge in [0.25, 0.3) is 0 Å². The molecule has 5 nitrogen and oxygen atoms in total. The fourth-order valence-corrected chi connectivity index (χ4v) is 1.93. The molecule has 1 aromatic rings. The number of hydrogen-bond donors (Lipinski definition) is 2. The van der Waals surface area contributed by atoms with E-state index in [0.717, 1.165) is 18.7 Å². The van der Waals surface area contributed by atoms with Crippen molar-refractivity contribution in [2.45, 2.75) is 26.4 Å². The Morgan fingerprint density at radius 3 is 2.88 bits per heavy atom. The zero-order valence-corrected chi connectivity index (χ0v) is 10.3. The monoisotopic (exact) mass is 245 g/mol. The third-order valence-electron chi connectivity index (χ3n) is 2.26. The highest BCUT2D eigenvalue weighted by Crippen LogP contribution is 2.02. The van der Waals surface area contributed by atoms with Gasteiger partial charge in [0, 0.05) is 31.5 Å². The van der Waals surface area contributed by atoms with Gasteiger partial charge >= 0.3 is 0 Å². The zero-order chi connectivity index (χ0) is 12.0. The number of rotatable bonds is 7. The molecular formula is C10H19N3O2S. The van der Waals surface area contributed by atoms with Crippen molar-refractivity contribution in [2.24, 2.45) is 5.14 Å². The van der Waals surface area contributed by atoms with Crippen molar-refractivity contribution >= 4 is 10.0 Å². The molecular weight excluding hydrogens is 226 g/mol. The molecule has 3 N–H and O–H groups in total. The molecule has 92 valence electrons. The molecule has 0 aliphatic rings. The van der Waals surface area contributed by atoms with Crippen molar-refractivity contribution in [1.29, 1.82) is 0 Å². The van der Waals surface area contributed by atoms with Gasteiger partial charge in [-0.2, -0.15) is 0 Å². The molecule has 0 aliphatic heterocycles. The predicted molar refractivity (Wildman–Crippen MR) is 64.4 cm³/mol. The van der Waals surface area contributed by atoms with Crippen LogP contribution >= 0.6 is 0 Å². The zero-order valence-electron chi connectivity index (χ0n) is 9.52. The van der Waals surface area contributed by atoms with E-state index in [4.69, 9.17) is 5.14 Å². The molecule has 0 bridgehead atoms. The SMILES string of the molecule is CCCn1cccc1CNCCS(N)(=O)=O. The molecule has 0 spiro atoms. The Balaban J connectivity index is 2.34. The highest BCUT2D eigenvalue weighted by Gasteiger charge is 2.03. The topological polar surface area (TPSA) is 77.1 Å². The van der Waals surface area contributed by atoms with Gasteiger partial charge < -0.3 is 9.88 Å². The maximum Gasteiger partial charge on any atom is 0.210 e. The van der Waals surface area contributed by atoms with Crippen molar-refractivity contribution in [1.82, 2.24) is 9.88 Å².